The Morgan fingerprint density at radius 3 is 2.91 bits per heavy atom. The Kier molecular flexibility index (Phi) is 4.04. The van der Waals surface area contributed by atoms with Gasteiger partial charge in [-0.2, -0.15) is 0 Å². The number of tetrazole rings is 1. The van der Waals surface area contributed by atoms with E-state index in [0.717, 1.165) is 22.5 Å². The van der Waals surface area contributed by atoms with Crippen molar-refractivity contribution in [3.8, 4) is 5.75 Å². The lowest BCUT2D eigenvalue weighted by Crippen LogP contribution is -2.28. The standard InChI is InChI=1S/C16H21N5O2/c1-16(2,3)15-18-19-20-21(15)9-11(22)10-23-14-6-4-5-13-12(14)7-8-17-13/h4-8,11,17,22H,9-10H2,1-3H3/t11-/m0/s1. The van der Waals surface area contributed by atoms with Crippen molar-refractivity contribution < 1.29 is 9.84 Å². The van der Waals surface area contributed by atoms with Crippen molar-refractivity contribution in [2.45, 2.75) is 38.8 Å². The predicted octanol–water partition coefficient (Wildman–Crippen LogP) is 1.89. The molecule has 0 saturated carbocycles. The van der Waals surface area contributed by atoms with Crippen LogP contribution in [-0.2, 0) is 12.0 Å². The molecule has 0 aliphatic rings. The van der Waals surface area contributed by atoms with Gasteiger partial charge in [0.15, 0.2) is 5.82 Å². The van der Waals surface area contributed by atoms with Crippen LogP contribution in [0.2, 0.25) is 0 Å². The fourth-order valence-electron chi connectivity index (χ4n) is 2.49. The second-order valence-corrected chi connectivity index (χ2v) is 6.59. The fraction of sp³-hybridized carbons (Fsp3) is 0.438. The van der Waals surface area contributed by atoms with Crippen LogP contribution in [-0.4, -0.2) is 43.0 Å². The molecule has 2 aromatic heterocycles. The number of nitrogens with zero attached hydrogens (tertiary/aromatic N) is 4. The van der Waals surface area contributed by atoms with E-state index in [1.807, 2.05) is 51.2 Å². The molecule has 0 aliphatic carbocycles. The lowest BCUT2D eigenvalue weighted by molar-refractivity contribution is 0.0878. The number of fused-ring (bicyclic) bond motifs is 1. The summed E-state index contributed by atoms with van der Waals surface area (Å²) < 4.78 is 7.39. The molecule has 2 N–H and O–H groups in total. The van der Waals surface area contributed by atoms with Gasteiger partial charge in [-0.25, -0.2) is 4.68 Å². The highest BCUT2D eigenvalue weighted by Crippen LogP contribution is 2.24. The van der Waals surface area contributed by atoms with Gasteiger partial charge < -0.3 is 14.8 Å². The van der Waals surface area contributed by atoms with Gasteiger partial charge in [0.25, 0.3) is 0 Å². The highest BCUT2D eigenvalue weighted by atomic mass is 16.5. The number of aliphatic hydroxyl groups is 1. The van der Waals surface area contributed by atoms with E-state index in [4.69, 9.17) is 4.74 Å². The van der Waals surface area contributed by atoms with Crippen LogP contribution in [0.3, 0.4) is 0 Å². The molecule has 0 aliphatic heterocycles. The normalized spacial score (nSPS) is 13.4. The number of hydrogen-bond donors (Lipinski definition) is 2. The van der Waals surface area contributed by atoms with Gasteiger partial charge in [-0.05, 0) is 28.6 Å². The van der Waals surface area contributed by atoms with Crippen LogP contribution in [0.25, 0.3) is 10.9 Å². The van der Waals surface area contributed by atoms with E-state index in [0.29, 0.717) is 6.54 Å². The Labute approximate surface area is 134 Å². The molecular formula is C16H21N5O2. The number of aromatic amines is 1. The van der Waals surface area contributed by atoms with Gasteiger partial charge in [-0.3, -0.25) is 0 Å². The molecule has 23 heavy (non-hydrogen) atoms. The van der Waals surface area contributed by atoms with Crippen LogP contribution < -0.4 is 4.74 Å². The number of H-pyrrole nitrogens is 1. The van der Waals surface area contributed by atoms with Crippen molar-refractivity contribution in [3.63, 3.8) is 0 Å². The van der Waals surface area contributed by atoms with E-state index in [9.17, 15) is 5.11 Å². The number of nitrogens with one attached hydrogen (secondary N) is 1. The zero-order chi connectivity index (χ0) is 16.4. The number of aromatic nitrogens is 5. The first-order valence-corrected chi connectivity index (χ1v) is 7.59. The molecule has 0 saturated heterocycles. The van der Waals surface area contributed by atoms with Gasteiger partial charge in [0.1, 0.15) is 18.5 Å². The fourth-order valence-corrected chi connectivity index (χ4v) is 2.49. The summed E-state index contributed by atoms with van der Waals surface area (Å²) in [5.74, 6) is 1.49. The van der Waals surface area contributed by atoms with Crippen LogP contribution in [0.4, 0.5) is 0 Å². The Hall–Kier alpha value is -2.41. The number of rotatable bonds is 5. The molecule has 1 atom stereocenters. The molecule has 7 heteroatoms. The molecule has 3 rings (SSSR count). The van der Waals surface area contributed by atoms with Crippen molar-refractivity contribution in [1.82, 2.24) is 25.2 Å². The molecule has 2 heterocycles. The smallest absolute Gasteiger partial charge is 0.156 e. The van der Waals surface area contributed by atoms with Crippen molar-refractivity contribution in [3.05, 3.63) is 36.3 Å². The second kappa shape index (κ2) is 6.00. The van der Waals surface area contributed by atoms with Crippen molar-refractivity contribution in [2.24, 2.45) is 0 Å². The lowest BCUT2D eigenvalue weighted by atomic mass is 9.96. The van der Waals surface area contributed by atoms with E-state index in [-0.39, 0.29) is 12.0 Å². The second-order valence-electron chi connectivity index (χ2n) is 6.59. The van der Waals surface area contributed by atoms with Crippen LogP contribution in [0, 0.1) is 0 Å². The van der Waals surface area contributed by atoms with Gasteiger partial charge >= 0.3 is 0 Å². The number of aliphatic hydroxyl groups excluding tert-OH is 1. The summed E-state index contributed by atoms with van der Waals surface area (Å²) in [4.78, 5) is 3.13. The van der Waals surface area contributed by atoms with Gasteiger partial charge in [0, 0.05) is 22.5 Å². The highest BCUT2D eigenvalue weighted by Gasteiger charge is 2.23. The van der Waals surface area contributed by atoms with Crippen LogP contribution in [0.5, 0.6) is 5.75 Å². The minimum Gasteiger partial charge on any atom is -0.490 e. The molecule has 1 aromatic carbocycles. The van der Waals surface area contributed by atoms with Crippen LogP contribution in [0.15, 0.2) is 30.5 Å². The third-order valence-corrected chi connectivity index (χ3v) is 3.57. The van der Waals surface area contributed by atoms with Crippen LogP contribution >= 0.6 is 0 Å². The quantitative estimate of drug-likeness (QED) is 0.750. The first kappa shape index (κ1) is 15.5. The lowest BCUT2D eigenvalue weighted by Gasteiger charge is -2.19. The minimum absolute atomic E-state index is 0.174. The Morgan fingerprint density at radius 1 is 1.30 bits per heavy atom. The summed E-state index contributed by atoms with van der Waals surface area (Å²) in [6, 6.07) is 7.74. The molecule has 3 aromatic rings. The maximum atomic E-state index is 10.2. The Bertz CT molecular complexity index is 787. The summed E-state index contributed by atoms with van der Waals surface area (Å²) >= 11 is 0. The summed E-state index contributed by atoms with van der Waals surface area (Å²) in [5, 5.41) is 22.9. The van der Waals surface area contributed by atoms with E-state index < -0.39 is 6.10 Å². The summed E-state index contributed by atoms with van der Waals surface area (Å²) in [6.07, 6.45) is 1.17. The Balaban J connectivity index is 1.65. The van der Waals surface area contributed by atoms with E-state index >= 15 is 0 Å². The number of benzene rings is 1. The third kappa shape index (κ3) is 3.34. The summed E-state index contributed by atoms with van der Waals surface area (Å²) in [6.45, 7) is 6.57. The molecule has 0 bridgehead atoms. The van der Waals surface area contributed by atoms with Gasteiger partial charge in [0.2, 0.25) is 0 Å². The Morgan fingerprint density at radius 2 is 2.13 bits per heavy atom. The molecule has 122 valence electrons. The van der Waals surface area contributed by atoms with Gasteiger partial charge in [-0.15, -0.1) is 5.10 Å². The average molecular weight is 315 g/mol. The van der Waals surface area contributed by atoms with E-state index in [2.05, 4.69) is 20.5 Å². The molecular weight excluding hydrogens is 294 g/mol. The van der Waals surface area contributed by atoms with Crippen molar-refractivity contribution in [2.75, 3.05) is 6.61 Å². The summed E-state index contributed by atoms with van der Waals surface area (Å²) in [7, 11) is 0. The van der Waals surface area contributed by atoms with E-state index in [1.54, 1.807) is 4.68 Å². The van der Waals surface area contributed by atoms with Crippen molar-refractivity contribution >= 4 is 10.9 Å². The third-order valence-electron chi connectivity index (χ3n) is 3.57. The largest absolute Gasteiger partial charge is 0.490 e. The monoisotopic (exact) mass is 315 g/mol. The SMILES string of the molecule is CC(C)(C)c1nnnn1C[C@H](O)COc1cccc2[nH]ccc12. The zero-order valence-corrected chi connectivity index (χ0v) is 13.5. The van der Waals surface area contributed by atoms with Crippen LogP contribution in [0.1, 0.15) is 26.6 Å². The predicted molar refractivity (Wildman–Crippen MR) is 86.3 cm³/mol. The minimum atomic E-state index is -0.700. The summed E-state index contributed by atoms with van der Waals surface area (Å²) in [5.41, 5.74) is 0.827. The highest BCUT2D eigenvalue weighted by molar-refractivity contribution is 5.85. The number of hydrogen-bond acceptors (Lipinski definition) is 5. The van der Waals surface area contributed by atoms with Gasteiger partial charge in [0.05, 0.1) is 6.54 Å². The topological polar surface area (TPSA) is 88.8 Å². The van der Waals surface area contributed by atoms with Crippen molar-refractivity contribution in [1.29, 1.82) is 0 Å². The maximum absolute atomic E-state index is 10.2. The van der Waals surface area contributed by atoms with Gasteiger partial charge in [-0.1, -0.05) is 26.8 Å². The first-order valence-electron chi connectivity index (χ1n) is 7.59. The molecule has 0 fully saturated rings. The first-order chi connectivity index (χ1) is 10.9. The average Bonchev–Trinajstić information content (AvgIpc) is 3.12. The zero-order valence-electron chi connectivity index (χ0n) is 13.5. The molecule has 0 spiro atoms. The maximum Gasteiger partial charge on any atom is 0.156 e. The van der Waals surface area contributed by atoms with E-state index in [1.165, 1.54) is 0 Å². The molecule has 0 amide bonds. The molecule has 0 unspecified atom stereocenters. The molecule has 7 nitrogen and oxygen atoms in total. The number of ether oxygens (including phenoxy) is 1. The molecule has 0 radical (unpaired) electrons.